The van der Waals surface area contributed by atoms with Gasteiger partial charge in [0.1, 0.15) is 11.0 Å². The molecule has 3 N–H and O–H groups in total. The summed E-state index contributed by atoms with van der Waals surface area (Å²) in [7, 11) is 0. The Morgan fingerprint density at radius 1 is 1.42 bits per heavy atom. The molecule has 0 fully saturated rings. The first-order chi connectivity index (χ1) is 9.16. The van der Waals surface area contributed by atoms with Gasteiger partial charge in [-0.25, -0.2) is 4.98 Å². The fraction of sp³-hybridized carbons (Fsp3) is 0.231. The van der Waals surface area contributed by atoms with Crippen molar-refractivity contribution in [3.8, 4) is 10.6 Å². The number of thioether (sulfide) groups is 1. The molecule has 1 atom stereocenters. The van der Waals surface area contributed by atoms with Crippen LogP contribution in [0.3, 0.4) is 0 Å². The van der Waals surface area contributed by atoms with Gasteiger partial charge in [0.15, 0.2) is 0 Å². The van der Waals surface area contributed by atoms with E-state index in [1.165, 1.54) is 11.8 Å². The van der Waals surface area contributed by atoms with E-state index in [0.29, 0.717) is 11.5 Å². The summed E-state index contributed by atoms with van der Waals surface area (Å²) < 4.78 is 0. The van der Waals surface area contributed by atoms with Gasteiger partial charge in [0, 0.05) is 22.4 Å². The molecule has 4 nitrogen and oxygen atoms in total. The van der Waals surface area contributed by atoms with Crippen molar-refractivity contribution in [2.45, 2.75) is 11.8 Å². The maximum Gasteiger partial charge on any atom is 0.321 e. The van der Waals surface area contributed by atoms with Gasteiger partial charge in [0.25, 0.3) is 0 Å². The number of aromatic nitrogens is 1. The van der Waals surface area contributed by atoms with E-state index in [2.05, 4.69) is 4.98 Å². The second kappa shape index (κ2) is 6.70. The molecular formula is C13H14N2O2S2. The molecule has 2 aromatic rings. The fourth-order valence-corrected chi connectivity index (χ4v) is 3.25. The van der Waals surface area contributed by atoms with Crippen LogP contribution in [0.1, 0.15) is 5.69 Å². The van der Waals surface area contributed by atoms with Crippen LogP contribution < -0.4 is 5.73 Å². The molecular weight excluding hydrogens is 280 g/mol. The highest BCUT2D eigenvalue weighted by Gasteiger charge is 2.11. The third-order valence-corrected chi connectivity index (χ3v) is 4.47. The largest absolute Gasteiger partial charge is 0.480 e. The third-order valence-electron chi connectivity index (χ3n) is 2.44. The van der Waals surface area contributed by atoms with Crippen molar-refractivity contribution in [1.82, 2.24) is 4.98 Å². The smallest absolute Gasteiger partial charge is 0.321 e. The van der Waals surface area contributed by atoms with Crippen LogP contribution in [0, 0.1) is 0 Å². The van der Waals surface area contributed by atoms with Crippen LogP contribution in [0.15, 0.2) is 35.7 Å². The van der Waals surface area contributed by atoms with E-state index in [1.807, 2.05) is 35.7 Å². The van der Waals surface area contributed by atoms with Crippen LogP contribution in [0.2, 0.25) is 0 Å². The number of carboxylic acid groups (broad SMARTS) is 1. The first kappa shape index (κ1) is 14.0. The lowest BCUT2D eigenvalue weighted by Crippen LogP contribution is -2.32. The van der Waals surface area contributed by atoms with E-state index in [0.717, 1.165) is 16.3 Å². The average molecular weight is 294 g/mol. The summed E-state index contributed by atoms with van der Waals surface area (Å²) in [5, 5.41) is 11.7. The molecule has 0 radical (unpaired) electrons. The molecule has 0 bridgehead atoms. The van der Waals surface area contributed by atoms with E-state index in [4.69, 9.17) is 10.8 Å². The summed E-state index contributed by atoms with van der Waals surface area (Å²) in [5.41, 5.74) is 7.51. The summed E-state index contributed by atoms with van der Waals surface area (Å²) in [6, 6.07) is 9.18. The predicted octanol–water partition coefficient (Wildman–Crippen LogP) is 2.46. The van der Waals surface area contributed by atoms with Crippen molar-refractivity contribution in [2.24, 2.45) is 5.73 Å². The molecule has 0 saturated heterocycles. The number of thiazole rings is 1. The topological polar surface area (TPSA) is 76.2 Å². The molecule has 1 heterocycles. The number of aliphatic carboxylic acids is 1. The Bertz CT molecular complexity index is 543. The Labute approximate surface area is 119 Å². The number of benzene rings is 1. The van der Waals surface area contributed by atoms with Crippen molar-refractivity contribution in [1.29, 1.82) is 0 Å². The zero-order valence-corrected chi connectivity index (χ0v) is 11.8. The second-order valence-corrected chi connectivity index (χ2v) is 5.86. The van der Waals surface area contributed by atoms with E-state index in [1.54, 1.807) is 11.3 Å². The maximum absolute atomic E-state index is 10.6. The number of carbonyl (C=O) groups is 1. The lowest BCUT2D eigenvalue weighted by molar-refractivity contribution is -0.137. The van der Waals surface area contributed by atoms with E-state index < -0.39 is 12.0 Å². The van der Waals surface area contributed by atoms with E-state index in [9.17, 15) is 4.79 Å². The van der Waals surface area contributed by atoms with Crippen LogP contribution in [-0.4, -0.2) is 27.9 Å². The lowest BCUT2D eigenvalue weighted by Gasteiger charge is -2.04. The predicted molar refractivity (Wildman–Crippen MR) is 79.3 cm³/mol. The van der Waals surface area contributed by atoms with Gasteiger partial charge in [-0.2, -0.15) is 11.8 Å². The van der Waals surface area contributed by atoms with Crippen molar-refractivity contribution >= 4 is 29.1 Å². The first-order valence-electron chi connectivity index (χ1n) is 5.73. The zero-order chi connectivity index (χ0) is 13.7. The monoisotopic (exact) mass is 294 g/mol. The summed E-state index contributed by atoms with van der Waals surface area (Å²) in [4.78, 5) is 15.1. The summed E-state index contributed by atoms with van der Waals surface area (Å²) in [6.07, 6.45) is 0. The van der Waals surface area contributed by atoms with Crippen LogP contribution in [0.25, 0.3) is 10.6 Å². The molecule has 0 aliphatic heterocycles. The molecule has 0 amide bonds. The number of hydrogen-bond acceptors (Lipinski definition) is 5. The second-order valence-electron chi connectivity index (χ2n) is 3.97. The Balaban J connectivity index is 1.90. The SMILES string of the molecule is N[C@H](CSCc1csc(-c2ccccc2)n1)C(=O)O. The summed E-state index contributed by atoms with van der Waals surface area (Å²) in [6.45, 7) is 0. The van der Waals surface area contributed by atoms with Crippen LogP contribution >= 0.6 is 23.1 Å². The van der Waals surface area contributed by atoms with Crippen molar-refractivity contribution in [3.05, 3.63) is 41.4 Å². The highest BCUT2D eigenvalue weighted by Crippen LogP contribution is 2.25. The molecule has 19 heavy (non-hydrogen) atoms. The van der Waals surface area contributed by atoms with E-state index >= 15 is 0 Å². The van der Waals surface area contributed by atoms with Crippen LogP contribution in [0.5, 0.6) is 0 Å². The molecule has 1 aromatic heterocycles. The summed E-state index contributed by atoms with van der Waals surface area (Å²) in [5.74, 6) is 0.119. The fourth-order valence-electron chi connectivity index (χ4n) is 1.45. The van der Waals surface area contributed by atoms with Crippen molar-refractivity contribution < 1.29 is 9.90 Å². The van der Waals surface area contributed by atoms with Crippen molar-refractivity contribution in [2.75, 3.05) is 5.75 Å². The van der Waals surface area contributed by atoms with Crippen LogP contribution in [0.4, 0.5) is 0 Å². The molecule has 0 spiro atoms. The maximum atomic E-state index is 10.6. The highest BCUT2D eigenvalue weighted by molar-refractivity contribution is 7.98. The van der Waals surface area contributed by atoms with Gasteiger partial charge in [-0.15, -0.1) is 11.3 Å². The molecule has 100 valence electrons. The highest BCUT2D eigenvalue weighted by atomic mass is 32.2. The average Bonchev–Trinajstić information content (AvgIpc) is 2.88. The molecule has 2 rings (SSSR count). The third kappa shape index (κ3) is 4.05. The van der Waals surface area contributed by atoms with Crippen LogP contribution in [-0.2, 0) is 10.5 Å². The Morgan fingerprint density at radius 3 is 2.84 bits per heavy atom. The Morgan fingerprint density at radius 2 is 2.16 bits per heavy atom. The first-order valence-corrected chi connectivity index (χ1v) is 7.76. The minimum Gasteiger partial charge on any atom is -0.480 e. The standard InChI is InChI=1S/C13H14N2O2S2/c14-11(13(16)17)8-18-6-10-7-19-12(15-10)9-4-2-1-3-5-9/h1-5,7,11H,6,8,14H2,(H,16,17)/t11-/m1/s1. The minimum absolute atomic E-state index is 0.396. The van der Waals surface area contributed by atoms with Gasteiger partial charge < -0.3 is 10.8 Å². The van der Waals surface area contributed by atoms with Gasteiger partial charge in [-0.1, -0.05) is 30.3 Å². The Kier molecular flexibility index (Phi) is 4.95. The van der Waals surface area contributed by atoms with Gasteiger partial charge in [-0.3, -0.25) is 4.79 Å². The number of carboxylic acids is 1. The summed E-state index contributed by atoms with van der Waals surface area (Å²) >= 11 is 3.09. The van der Waals surface area contributed by atoms with Gasteiger partial charge in [0.2, 0.25) is 0 Å². The quantitative estimate of drug-likeness (QED) is 0.856. The van der Waals surface area contributed by atoms with Gasteiger partial charge in [0.05, 0.1) is 5.69 Å². The Hall–Kier alpha value is -1.37. The van der Waals surface area contributed by atoms with Crippen molar-refractivity contribution in [3.63, 3.8) is 0 Å². The number of hydrogen-bond donors (Lipinski definition) is 2. The van der Waals surface area contributed by atoms with E-state index in [-0.39, 0.29) is 0 Å². The zero-order valence-electron chi connectivity index (χ0n) is 10.2. The van der Waals surface area contributed by atoms with Gasteiger partial charge in [-0.05, 0) is 0 Å². The normalized spacial score (nSPS) is 12.3. The minimum atomic E-state index is -0.962. The molecule has 0 aliphatic carbocycles. The molecule has 0 unspecified atom stereocenters. The van der Waals surface area contributed by atoms with Gasteiger partial charge >= 0.3 is 5.97 Å². The molecule has 0 aliphatic rings. The number of nitrogens with two attached hydrogens (primary N) is 1. The molecule has 6 heteroatoms. The number of rotatable bonds is 6. The lowest BCUT2D eigenvalue weighted by atomic mass is 10.2. The molecule has 1 aromatic carbocycles. The molecule has 0 saturated carbocycles. The number of nitrogens with zero attached hydrogens (tertiary/aromatic N) is 1.